The predicted molar refractivity (Wildman–Crippen MR) is 94.4 cm³/mol. The molecular weight excluding hydrogens is 321 g/mol. The van der Waals surface area contributed by atoms with Gasteiger partial charge in [0.05, 0.1) is 0 Å². The van der Waals surface area contributed by atoms with Crippen molar-refractivity contribution >= 4 is 26.4 Å². The summed E-state index contributed by atoms with van der Waals surface area (Å²) in [7, 11) is 0. The quantitative estimate of drug-likeness (QED) is 0.628. The van der Waals surface area contributed by atoms with E-state index in [1.807, 2.05) is 0 Å². The summed E-state index contributed by atoms with van der Waals surface area (Å²) in [5, 5.41) is 2.78. The number of hydrogen-bond donors (Lipinski definition) is 0. The third-order valence-electron chi connectivity index (χ3n) is 4.70. The number of nitrogens with zero attached hydrogens (tertiary/aromatic N) is 4. The van der Waals surface area contributed by atoms with Gasteiger partial charge in [-0.15, -0.1) is 0 Å². The van der Waals surface area contributed by atoms with Gasteiger partial charge in [-0.25, -0.2) is 0 Å². The van der Waals surface area contributed by atoms with E-state index in [1.54, 1.807) is 0 Å². The summed E-state index contributed by atoms with van der Waals surface area (Å²) < 4.78 is 5.37. The van der Waals surface area contributed by atoms with E-state index < -0.39 is 13.7 Å². The van der Waals surface area contributed by atoms with E-state index in [9.17, 15) is 0 Å². The molecule has 120 valence electrons. The average molecular weight is 353 g/mol. The van der Waals surface area contributed by atoms with Crippen molar-refractivity contribution in [3.05, 3.63) is 0 Å². The van der Waals surface area contributed by atoms with Crippen LogP contribution in [0.25, 0.3) is 0 Å². The van der Waals surface area contributed by atoms with Gasteiger partial charge in [-0.05, 0) is 0 Å². The van der Waals surface area contributed by atoms with E-state index in [0.717, 1.165) is 38.0 Å². The SMILES string of the molecule is CC(C)C[CH2][Ge]([CH2]CC(C)C)([N]1C=NCC1)[N]1C=NCC1. The minimum atomic E-state index is -2.31. The summed E-state index contributed by atoms with van der Waals surface area (Å²) in [6, 6.07) is 0. The molecule has 21 heavy (non-hydrogen) atoms. The van der Waals surface area contributed by atoms with Gasteiger partial charge < -0.3 is 0 Å². The van der Waals surface area contributed by atoms with Gasteiger partial charge in [0, 0.05) is 0 Å². The Morgan fingerprint density at radius 1 is 0.857 bits per heavy atom. The first kappa shape index (κ1) is 16.8. The van der Waals surface area contributed by atoms with E-state index >= 15 is 0 Å². The van der Waals surface area contributed by atoms with Crippen LogP contribution in [0, 0.1) is 11.8 Å². The normalized spacial score (nSPS) is 18.8. The molecule has 0 aromatic rings. The first-order chi connectivity index (χ1) is 10.0. The Labute approximate surface area is 133 Å². The van der Waals surface area contributed by atoms with E-state index in [4.69, 9.17) is 0 Å². The van der Waals surface area contributed by atoms with E-state index in [1.165, 1.54) is 23.3 Å². The van der Waals surface area contributed by atoms with Crippen LogP contribution in [-0.2, 0) is 0 Å². The predicted octanol–water partition coefficient (Wildman–Crippen LogP) is 3.21. The molecule has 0 bridgehead atoms. The standard InChI is InChI=1S/C16H32GeN4/c1-15(2)5-7-17(8-6-16(3)4,20-11-9-18-13-20)21-12-10-19-14-21/h13-16H,5-12H2,1-4H3. The van der Waals surface area contributed by atoms with E-state index in [2.05, 4.69) is 58.1 Å². The van der Waals surface area contributed by atoms with Crippen molar-refractivity contribution in [3.63, 3.8) is 0 Å². The second kappa shape index (κ2) is 7.66. The topological polar surface area (TPSA) is 31.2 Å². The Morgan fingerprint density at radius 2 is 1.29 bits per heavy atom. The summed E-state index contributed by atoms with van der Waals surface area (Å²) in [6.07, 6.45) is 7.03. The fourth-order valence-corrected chi connectivity index (χ4v) is 14.7. The molecule has 2 aliphatic heterocycles. The molecule has 2 rings (SSSR count). The molecule has 2 heterocycles. The molecule has 0 saturated heterocycles. The fourth-order valence-electron chi connectivity index (χ4n) is 3.29. The molecule has 0 aromatic carbocycles. The van der Waals surface area contributed by atoms with Crippen LogP contribution in [0.1, 0.15) is 40.5 Å². The molecule has 0 atom stereocenters. The van der Waals surface area contributed by atoms with Crippen LogP contribution in [0.15, 0.2) is 9.98 Å². The molecule has 0 spiro atoms. The minimum absolute atomic E-state index is 0.785. The Morgan fingerprint density at radius 3 is 1.57 bits per heavy atom. The van der Waals surface area contributed by atoms with Gasteiger partial charge in [0.2, 0.25) is 0 Å². The van der Waals surface area contributed by atoms with Gasteiger partial charge in [0.25, 0.3) is 0 Å². The van der Waals surface area contributed by atoms with Gasteiger partial charge in [-0.1, -0.05) is 0 Å². The zero-order valence-electron chi connectivity index (χ0n) is 14.3. The monoisotopic (exact) mass is 354 g/mol. The molecule has 5 heteroatoms. The molecule has 0 aliphatic carbocycles. The zero-order valence-corrected chi connectivity index (χ0v) is 16.4. The van der Waals surface area contributed by atoms with Crippen LogP contribution in [0.2, 0.25) is 10.5 Å². The van der Waals surface area contributed by atoms with Crippen molar-refractivity contribution < 1.29 is 0 Å². The van der Waals surface area contributed by atoms with Crippen LogP contribution in [0.3, 0.4) is 0 Å². The Balaban J connectivity index is 2.21. The molecule has 0 amide bonds. The molecule has 0 radical (unpaired) electrons. The van der Waals surface area contributed by atoms with Crippen LogP contribution in [0.4, 0.5) is 0 Å². The molecule has 0 unspecified atom stereocenters. The summed E-state index contributed by atoms with van der Waals surface area (Å²) in [5.41, 5.74) is 0. The zero-order chi connectivity index (χ0) is 15.3. The van der Waals surface area contributed by atoms with Crippen LogP contribution in [0.5, 0.6) is 0 Å². The maximum absolute atomic E-state index is 4.53. The van der Waals surface area contributed by atoms with E-state index in [-0.39, 0.29) is 0 Å². The van der Waals surface area contributed by atoms with Crippen LogP contribution in [-0.4, -0.2) is 60.3 Å². The maximum atomic E-state index is 4.53. The Bertz CT molecular complexity index is 342. The molecule has 2 aliphatic rings. The Kier molecular flexibility index (Phi) is 6.14. The molecule has 0 aromatic heterocycles. The second-order valence-electron chi connectivity index (χ2n) is 7.28. The number of hydrogen-bond acceptors (Lipinski definition) is 4. The summed E-state index contributed by atoms with van der Waals surface area (Å²) in [4.78, 5) is 9.07. The van der Waals surface area contributed by atoms with Gasteiger partial charge in [0.1, 0.15) is 0 Å². The van der Waals surface area contributed by atoms with Gasteiger partial charge in [0.15, 0.2) is 0 Å². The number of rotatable bonds is 8. The first-order valence-electron chi connectivity index (χ1n) is 8.58. The van der Waals surface area contributed by atoms with Crippen molar-refractivity contribution in [2.75, 3.05) is 26.2 Å². The molecule has 0 fully saturated rings. The van der Waals surface area contributed by atoms with Crippen molar-refractivity contribution in [2.24, 2.45) is 21.8 Å². The fraction of sp³-hybridized carbons (Fsp3) is 0.875. The molecule has 0 N–H and O–H groups in total. The van der Waals surface area contributed by atoms with Gasteiger partial charge in [-0.3, -0.25) is 0 Å². The number of aliphatic imine (C=N–C) groups is 2. The summed E-state index contributed by atoms with van der Waals surface area (Å²) in [6.45, 7) is 13.7. The van der Waals surface area contributed by atoms with Crippen LogP contribution >= 0.6 is 0 Å². The van der Waals surface area contributed by atoms with Crippen molar-refractivity contribution in [1.29, 1.82) is 0 Å². The average Bonchev–Trinajstić information content (AvgIpc) is 3.12. The van der Waals surface area contributed by atoms with Gasteiger partial charge in [-0.2, -0.15) is 0 Å². The Hall–Kier alpha value is -0.517. The van der Waals surface area contributed by atoms with Crippen molar-refractivity contribution in [2.45, 2.75) is 51.0 Å². The second-order valence-corrected chi connectivity index (χ2v) is 15.9. The van der Waals surface area contributed by atoms with E-state index in [0.29, 0.717) is 0 Å². The molecular formula is C16H32GeN4. The third-order valence-corrected chi connectivity index (χ3v) is 15.2. The third kappa shape index (κ3) is 4.24. The molecule has 4 nitrogen and oxygen atoms in total. The van der Waals surface area contributed by atoms with Gasteiger partial charge >= 0.3 is 133 Å². The first-order valence-corrected chi connectivity index (χ1v) is 13.4. The van der Waals surface area contributed by atoms with Crippen molar-refractivity contribution in [3.8, 4) is 0 Å². The van der Waals surface area contributed by atoms with Crippen LogP contribution < -0.4 is 0 Å². The molecule has 0 saturated carbocycles. The van der Waals surface area contributed by atoms with Crippen molar-refractivity contribution in [1.82, 2.24) is 7.71 Å². The summed E-state index contributed by atoms with van der Waals surface area (Å²) in [5.74, 6) is 1.57. The summed E-state index contributed by atoms with van der Waals surface area (Å²) >= 11 is -2.31.